The van der Waals surface area contributed by atoms with E-state index in [9.17, 15) is 9.90 Å². The van der Waals surface area contributed by atoms with E-state index in [-0.39, 0.29) is 12.0 Å². The van der Waals surface area contributed by atoms with Crippen molar-refractivity contribution >= 4 is 5.97 Å². The van der Waals surface area contributed by atoms with Gasteiger partial charge in [0.1, 0.15) is 0 Å². The van der Waals surface area contributed by atoms with Crippen LogP contribution in [-0.4, -0.2) is 22.8 Å². The Bertz CT molecular complexity index is 450. The Morgan fingerprint density at radius 2 is 2.06 bits per heavy atom. The van der Waals surface area contributed by atoms with E-state index < -0.39 is 5.97 Å². The van der Waals surface area contributed by atoms with Crippen LogP contribution in [0.25, 0.3) is 0 Å². The summed E-state index contributed by atoms with van der Waals surface area (Å²) in [6, 6.07) is 0. The van der Waals surface area contributed by atoms with Crippen molar-refractivity contribution in [1.82, 2.24) is 0 Å². The molecule has 2 heterocycles. The van der Waals surface area contributed by atoms with E-state index in [0.29, 0.717) is 17.9 Å². The number of hydrogen-bond donors (Lipinski definition) is 1. The van der Waals surface area contributed by atoms with E-state index in [0.717, 1.165) is 35.5 Å². The van der Waals surface area contributed by atoms with Gasteiger partial charge in [-0.3, -0.25) is 4.79 Å². The molecule has 7 aliphatic rings. The van der Waals surface area contributed by atoms with Crippen LogP contribution >= 0.6 is 0 Å². The zero-order chi connectivity index (χ0) is 10.4. The highest BCUT2D eigenvalue weighted by atomic mass is 16.5. The van der Waals surface area contributed by atoms with Crippen molar-refractivity contribution in [3.8, 4) is 0 Å². The summed E-state index contributed by atoms with van der Waals surface area (Å²) in [5.74, 6) is 5.83. The molecule has 5 saturated carbocycles. The topological polar surface area (TPSA) is 46.5 Å². The maximum absolute atomic E-state index is 11.1. The lowest BCUT2D eigenvalue weighted by atomic mass is 9.57. The number of hydrogen-bond acceptors (Lipinski definition) is 2. The lowest BCUT2D eigenvalue weighted by Crippen LogP contribution is -2.49. The fourth-order valence-electron chi connectivity index (χ4n) is 7.72. The molecule has 7 fully saturated rings. The van der Waals surface area contributed by atoms with Gasteiger partial charge in [0.05, 0.1) is 18.1 Å². The van der Waals surface area contributed by atoms with Crippen molar-refractivity contribution in [2.24, 2.45) is 47.3 Å². The van der Waals surface area contributed by atoms with Gasteiger partial charge in [-0.25, -0.2) is 0 Å². The van der Waals surface area contributed by atoms with Gasteiger partial charge in [-0.15, -0.1) is 0 Å². The zero-order valence-electron chi connectivity index (χ0n) is 8.87. The molecule has 5 aliphatic carbocycles. The lowest BCUT2D eigenvalue weighted by Gasteiger charge is -2.45. The molecule has 0 aromatic heterocycles. The van der Waals surface area contributed by atoms with E-state index in [1.54, 1.807) is 0 Å². The molecule has 1 N–H and O–H groups in total. The smallest absolute Gasteiger partial charge is 0.306 e. The summed E-state index contributed by atoms with van der Waals surface area (Å²) in [5, 5.41) is 9.17. The summed E-state index contributed by atoms with van der Waals surface area (Å²) in [6.45, 7) is 0. The van der Waals surface area contributed by atoms with E-state index in [1.807, 2.05) is 0 Å². The summed E-state index contributed by atoms with van der Waals surface area (Å²) in [5.41, 5.74) is -0.192. The van der Waals surface area contributed by atoms with Gasteiger partial charge in [0, 0.05) is 0 Å². The van der Waals surface area contributed by atoms with Crippen LogP contribution in [0.4, 0.5) is 0 Å². The quantitative estimate of drug-likeness (QED) is 0.751. The number of carbonyl (C=O) groups is 1. The second-order valence-corrected chi connectivity index (χ2v) is 7.03. The van der Waals surface area contributed by atoms with Crippen molar-refractivity contribution in [3.05, 3.63) is 0 Å². The summed E-state index contributed by atoms with van der Waals surface area (Å²) in [6.07, 6.45) is 2.19. The first kappa shape index (κ1) is 7.70. The summed E-state index contributed by atoms with van der Waals surface area (Å²) in [7, 11) is 0. The van der Waals surface area contributed by atoms with Crippen LogP contribution in [0.5, 0.6) is 0 Å². The third kappa shape index (κ3) is 0.430. The average molecular weight is 218 g/mol. The molecule has 0 radical (unpaired) electrons. The van der Waals surface area contributed by atoms with Crippen LogP contribution in [0.1, 0.15) is 12.8 Å². The first-order valence-corrected chi connectivity index (χ1v) is 6.64. The van der Waals surface area contributed by atoms with Gasteiger partial charge in [-0.05, 0) is 53.8 Å². The van der Waals surface area contributed by atoms with Crippen LogP contribution in [-0.2, 0) is 9.53 Å². The molecule has 10 atom stereocenters. The van der Waals surface area contributed by atoms with Crippen molar-refractivity contribution in [2.75, 3.05) is 0 Å². The molecule has 4 bridgehead atoms. The molecule has 3 nitrogen and oxygen atoms in total. The Morgan fingerprint density at radius 3 is 2.88 bits per heavy atom. The van der Waals surface area contributed by atoms with E-state index in [4.69, 9.17) is 4.74 Å². The standard InChI is InChI=1S/C13H14O3/c14-5(15)2-13-10-4-1-3-6-7(4)11(13)9(6)12(16-13)8(3)10/h3-4,6-12H,1-2H2,(H,14,15)/t3-,4+,6-,7-,8+,9-,10+,11+,12+,13+/m0/s1. The van der Waals surface area contributed by atoms with Gasteiger partial charge < -0.3 is 9.84 Å². The van der Waals surface area contributed by atoms with Gasteiger partial charge in [-0.2, -0.15) is 0 Å². The van der Waals surface area contributed by atoms with Crippen LogP contribution in [0.2, 0.25) is 0 Å². The number of ether oxygens (including phenoxy) is 1. The molecule has 3 heteroatoms. The predicted octanol–water partition coefficient (Wildman–Crippen LogP) is 0.986. The van der Waals surface area contributed by atoms with E-state index in [1.165, 1.54) is 6.42 Å². The fourth-order valence-corrected chi connectivity index (χ4v) is 7.72. The highest BCUT2D eigenvalue weighted by Crippen LogP contribution is 2.90. The number of rotatable bonds is 2. The van der Waals surface area contributed by atoms with E-state index >= 15 is 0 Å². The monoisotopic (exact) mass is 218 g/mol. The van der Waals surface area contributed by atoms with Gasteiger partial charge in [0.25, 0.3) is 0 Å². The van der Waals surface area contributed by atoms with E-state index in [2.05, 4.69) is 0 Å². The SMILES string of the molecule is O=C(O)C[C@]12O[C@H]3[C@H]4[C@H]5[C@@H]6C[C@H]([C@@H]5[C@H]41)[C@@H]2[C@@H]63. The van der Waals surface area contributed by atoms with Crippen LogP contribution in [0.3, 0.4) is 0 Å². The Hall–Kier alpha value is -0.570. The molecule has 16 heavy (non-hydrogen) atoms. The van der Waals surface area contributed by atoms with Crippen molar-refractivity contribution < 1.29 is 14.6 Å². The molecular formula is C13H14O3. The molecule has 0 aromatic carbocycles. The van der Waals surface area contributed by atoms with Gasteiger partial charge in [-0.1, -0.05) is 0 Å². The minimum absolute atomic E-state index is 0.192. The Kier molecular flexibility index (Phi) is 0.848. The second-order valence-electron chi connectivity index (χ2n) is 7.03. The maximum atomic E-state index is 11.1. The third-order valence-corrected chi connectivity index (χ3v) is 7.29. The Labute approximate surface area is 93.2 Å². The highest BCUT2D eigenvalue weighted by molar-refractivity contribution is 5.69. The minimum atomic E-state index is -0.645. The maximum Gasteiger partial charge on any atom is 0.306 e. The molecule has 2 aliphatic heterocycles. The molecular weight excluding hydrogens is 204 g/mol. The van der Waals surface area contributed by atoms with Crippen LogP contribution in [0, 0.1) is 47.3 Å². The summed E-state index contributed by atoms with van der Waals surface area (Å²) >= 11 is 0. The van der Waals surface area contributed by atoms with Gasteiger partial charge in [0.2, 0.25) is 0 Å². The van der Waals surface area contributed by atoms with Gasteiger partial charge >= 0.3 is 5.97 Å². The predicted molar refractivity (Wildman–Crippen MR) is 52.4 cm³/mol. The van der Waals surface area contributed by atoms with Crippen LogP contribution in [0.15, 0.2) is 0 Å². The molecule has 2 saturated heterocycles. The molecule has 0 unspecified atom stereocenters. The molecule has 0 aromatic rings. The van der Waals surface area contributed by atoms with Crippen LogP contribution < -0.4 is 0 Å². The Morgan fingerprint density at radius 1 is 1.19 bits per heavy atom. The number of carboxylic acids is 1. The second kappa shape index (κ2) is 1.76. The normalized spacial score (nSPS) is 77.9. The summed E-state index contributed by atoms with van der Waals surface area (Å²) < 4.78 is 6.29. The summed E-state index contributed by atoms with van der Waals surface area (Å²) in [4.78, 5) is 11.1. The third-order valence-electron chi connectivity index (χ3n) is 7.29. The fraction of sp³-hybridized carbons (Fsp3) is 0.923. The zero-order valence-corrected chi connectivity index (χ0v) is 8.87. The largest absolute Gasteiger partial charge is 0.481 e. The number of carboxylic acid groups (broad SMARTS) is 1. The van der Waals surface area contributed by atoms with Crippen molar-refractivity contribution in [2.45, 2.75) is 24.5 Å². The first-order valence-electron chi connectivity index (χ1n) is 6.64. The molecule has 0 amide bonds. The number of aliphatic carboxylic acids is 1. The molecule has 0 spiro atoms. The highest BCUT2D eigenvalue weighted by Gasteiger charge is 2.92. The first-order chi connectivity index (χ1) is 7.74. The lowest BCUT2D eigenvalue weighted by molar-refractivity contribution is -0.145. The molecule has 7 rings (SSSR count). The average Bonchev–Trinajstić information content (AvgIpc) is 2.73. The van der Waals surface area contributed by atoms with Crippen molar-refractivity contribution in [1.29, 1.82) is 0 Å². The molecule has 84 valence electrons. The minimum Gasteiger partial charge on any atom is -0.481 e. The van der Waals surface area contributed by atoms with Gasteiger partial charge in [0.15, 0.2) is 0 Å². The van der Waals surface area contributed by atoms with Crippen molar-refractivity contribution in [3.63, 3.8) is 0 Å². The Balaban J connectivity index is 1.62.